The predicted molar refractivity (Wildman–Crippen MR) is 92.0 cm³/mol. The van der Waals surface area contributed by atoms with Crippen LogP contribution < -0.4 is 4.72 Å². The number of hydrogen-bond donors (Lipinski definition) is 1. The molecular formula is C17H23N3O3S. The molecule has 7 heteroatoms. The second-order valence-corrected chi connectivity index (χ2v) is 7.93. The van der Waals surface area contributed by atoms with Gasteiger partial charge in [-0.3, -0.25) is 9.48 Å². The molecule has 0 spiro atoms. The van der Waals surface area contributed by atoms with Gasteiger partial charge in [-0.05, 0) is 31.9 Å². The fraction of sp³-hybridized carbons (Fsp3) is 0.412. The van der Waals surface area contributed by atoms with Crippen molar-refractivity contribution in [2.24, 2.45) is 5.92 Å². The van der Waals surface area contributed by atoms with Crippen LogP contribution in [0, 0.1) is 19.8 Å². The van der Waals surface area contributed by atoms with E-state index < -0.39 is 15.9 Å². The summed E-state index contributed by atoms with van der Waals surface area (Å²) in [4.78, 5) is 12.3. The third-order valence-electron chi connectivity index (χ3n) is 3.71. The van der Waals surface area contributed by atoms with Gasteiger partial charge >= 0.3 is 0 Å². The topological polar surface area (TPSA) is 81.1 Å². The number of amides is 1. The summed E-state index contributed by atoms with van der Waals surface area (Å²) < 4.78 is 28.4. The molecule has 2 aromatic rings. The zero-order valence-corrected chi connectivity index (χ0v) is 15.2. The van der Waals surface area contributed by atoms with E-state index >= 15 is 0 Å². The molecule has 0 aliphatic heterocycles. The van der Waals surface area contributed by atoms with Crippen molar-refractivity contribution in [2.75, 3.05) is 0 Å². The van der Waals surface area contributed by atoms with Crippen LogP contribution in [-0.2, 0) is 27.8 Å². The first-order valence-corrected chi connectivity index (χ1v) is 9.32. The lowest BCUT2D eigenvalue weighted by atomic mass is 10.1. The molecule has 0 saturated heterocycles. The summed E-state index contributed by atoms with van der Waals surface area (Å²) >= 11 is 0. The van der Waals surface area contributed by atoms with Gasteiger partial charge in [0, 0.05) is 17.8 Å². The Balaban J connectivity index is 2.15. The quantitative estimate of drug-likeness (QED) is 0.867. The van der Waals surface area contributed by atoms with E-state index in [0.29, 0.717) is 5.92 Å². The van der Waals surface area contributed by atoms with Crippen molar-refractivity contribution in [3.63, 3.8) is 0 Å². The molecule has 130 valence electrons. The van der Waals surface area contributed by atoms with Gasteiger partial charge in [-0.2, -0.15) is 5.10 Å². The number of sulfonamides is 1. The van der Waals surface area contributed by atoms with Gasteiger partial charge in [0.15, 0.2) is 0 Å². The summed E-state index contributed by atoms with van der Waals surface area (Å²) in [6.07, 6.45) is -0.0121. The lowest BCUT2D eigenvalue weighted by Crippen LogP contribution is -2.32. The lowest BCUT2D eigenvalue weighted by Gasteiger charge is -2.09. The van der Waals surface area contributed by atoms with Crippen LogP contribution in [-0.4, -0.2) is 24.1 Å². The summed E-state index contributed by atoms with van der Waals surface area (Å²) in [7, 11) is -3.84. The Bertz CT molecular complexity index is 824. The highest BCUT2D eigenvalue weighted by molar-refractivity contribution is 7.90. The number of hydrogen-bond acceptors (Lipinski definition) is 4. The first-order valence-electron chi connectivity index (χ1n) is 7.84. The van der Waals surface area contributed by atoms with Crippen molar-refractivity contribution in [1.29, 1.82) is 0 Å². The molecule has 1 aromatic carbocycles. The van der Waals surface area contributed by atoms with Crippen LogP contribution >= 0.6 is 0 Å². The lowest BCUT2D eigenvalue weighted by molar-refractivity contribution is -0.118. The smallest absolute Gasteiger partial charge is 0.264 e. The Morgan fingerprint density at radius 3 is 2.42 bits per heavy atom. The molecule has 24 heavy (non-hydrogen) atoms. The minimum Gasteiger partial charge on any atom is -0.274 e. The van der Waals surface area contributed by atoms with Crippen LogP contribution in [0.4, 0.5) is 0 Å². The van der Waals surface area contributed by atoms with Gasteiger partial charge < -0.3 is 0 Å². The molecule has 0 bridgehead atoms. The van der Waals surface area contributed by atoms with Gasteiger partial charge in [0.2, 0.25) is 5.91 Å². The Kier molecular flexibility index (Phi) is 5.43. The Hall–Kier alpha value is -2.15. The Labute approximate surface area is 142 Å². The van der Waals surface area contributed by atoms with Crippen LogP contribution in [0.2, 0.25) is 0 Å². The molecule has 2 rings (SSSR count). The molecule has 0 atom stereocenters. The number of nitrogens with one attached hydrogen (secondary N) is 1. The standard InChI is InChI=1S/C17H23N3O3S/c1-12(2)11-20-14(4)16(13(3)18-20)10-17(21)19-24(22,23)15-8-6-5-7-9-15/h5-9,12H,10-11H2,1-4H3,(H,19,21). The number of carbonyl (C=O) groups excluding carboxylic acids is 1. The van der Waals surface area contributed by atoms with Crippen molar-refractivity contribution < 1.29 is 13.2 Å². The normalized spacial score (nSPS) is 11.7. The number of rotatable bonds is 6. The molecule has 0 saturated carbocycles. The zero-order chi connectivity index (χ0) is 17.9. The summed E-state index contributed by atoms with van der Waals surface area (Å²) in [5.41, 5.74) is 2.42. The molecule has 1 amide bonds. The molecule has 1 aromatic heterocycles. The van der Waals surface area contributed by atoms with Gasteiger partial charge in [-0.25, -0.2) is 13.1 Å². The molecule has 6 nitrogen and oxygen atoms in total. The molecule has 0 aliphatic carbocycles. The van der Waals surface area contributed by atoms with Gasteiger partial charge in [0.05, 0.1) is 17.0 Å². The molecule has 0 aliphatic rings. The maximum absolute atomic E-state index is 12.2. The molecule has 0 radical (unpaired) electrons. The number of nitrogens with zero attached hydrogens (tertiary/aromatic N) is 2. The second kappa shape index (κ2) is 7.17. The van der Waals surface area contributed by atoms with Gasteiger partial charge in [-0.15, -0.1) is 0 Å². The summed E-state index contributed by atoms with van der Waals surface area (Å²) in [6.45, 7) is 8.68. The van der Waals surface area contributed by atoms with Crippen LogP contribution in [0.5, 0.6) is 0 Å². The van der Waals surface area contributed by atoms with Crippen molar-refractivity contribution >= 4 is 15.9 Å². The number of aryl methyl sites for hydroxylation is 1. The zero-order valence-electron chi connectivity index (χ0n) is 14.4. The molecule has 1 N–H and O–H groups in total. The molecular weight excluding hydrogens is 326 g/mol. The average molecular weight is 349 g/mol. The van der Waals surface area contributed by atoms with E-state index in [0.717, 1.165) is 23.5 Å². The van der Waals surface area contributed by atoms with Crippen LogP contribution in [0.15, 0.2) is 35.2 Å². The van der Waals surface area contributed by atoms with Crippen molar-refractivity contribution in [3.05, 3.63) is 47.3 Å². The van der Waals surface area contributed by atoms with Crippen LogP contribution in [0.25, 0.3) is 0 Å². The average Bonchev–Trinajstić information content (AvgIpc) is 2.74. The second-order valence-electron chi connectivity index (χ2n) is 6.24. The highest BCUT2D eigenvalue weighted by Gasteiger charge is 2.20. The van der Waals surface area contributed by atoms with E-state index in [-0.39, 0.29) is 11.3 Å². The van der Waals surface area contributed by atoms with Crippen molar-refractivity contribution in [3.8, 4) is 0 Å². The van der Waals surface area contributed by atoms with E-state index in [1.54, 1.807) is 18.2 Å². The van der Waals surface area contributed by atoms with Gasteiger partial charge in [0.1, 0.15) is 0 Å². The van der Waals surface area contributed by atoms with E-state index in [1.165, 1.54) is 12.1 Å². The molecule has 0 unspecified atom stereocenters. The first kappa shape index (κ1) is 18.2. The third-order valence-corrected chi connectivity index (χ3v) is 5.10. The Morgan fingerprint density at radius 1 is 1.21 bits per heavy atom. The van der Waals surface area contributed by atoms with Crippen LogP contribution in [0.1, 0.15) is 30.8 Å². The highest BCUT2D eigenvalue weighted by atomic mass is 32.2. The highest BCUT2D eigenvalue weighted by Crippen LogP contribution is 2.16. The minimum absolute atomic E-state index is 0.0121. The third kappa shape index (κ3) is 4.23. The fourth-order valence-corrected chi connectivity index (χ4v) is 3.52. The van der Waals surface area contributed by atoms with E-state index in [1.807, 2.05) is 18.5 Å². The molecule has 0 fully saturated rings. The Morgan fingerprint density at radius 2 is 1.83 bits per heavy atom. The SMILES string of the molecule is Cc1nn(CC(C)C)c(C)c1CC(=O)NS(=O)(=O)c1ccccc1. The maximum Gasteiger partial charge on any atom is 0.264 e. The number of carbonyl (C=O) groups is 1. The van der Waals surface area contributed by atoms with Crippen LogP contribution in [0.3, 0.4) is 0 Å². The van der Waals surface area contributed by atoms with Gasteiger partial charge in [0.25, 0.3) is 10.0 Å². The number of aromatic nitrogens is 2. The maximum atomic E-state index is 12.2. The largest absolute Gasteiger partial charge is 0.274 e. The van der Waals surface area contributed by atoms with Crippen molar-refractivity contribution in [1.82, 2.24) is 14.5 Å². The summed E-state index contributed by atoms with van der Waals surface area (Å²) in [5.74, 6) is -0.128. The minimum atomic E-state index is -3.84. The van der Waals surface area contributed by atoms with Gasteiger partial charge in [-0.1, -0.05) is 32.0 Å². The van der Waals surface area contributed by atoms with E-state index in [4.69, 9.17) is 0 Å². The predicted octanol–water partition coefficient (Wildman–Crippen LogP) is 2.20. The molecule has 1 heterocycles. The number of benzene rings is 1. The van der Waals surface area contributed by atoms with Crippen molar-refractivity contribution in [2.45, 2.75) is 45.6 Å². The van der Waals surface area contributed by atoms with E-state index in [9.17, 15) is 13.2 Å². The monoisotopic (exact) mass is 349 g/mol. The first-order chi connectivity index (χ1) is 11.2. The summed E-state index contributed by atoms with van der Waals surface area (Å²) in [6, 6.07) is 7.85. The van der Waals surface area contributed by atoms with E-state index in [2.05, 4.69) is 23.7 Å². The fourth-order valence-electron chi connectivity index (χ4n) is 2.52. The summed E-state index contributed by atoms with van der Waals surface area (Å²) in [5, 5.41) is 4.45.